The second-order valence-corrected chi connectivity index (χ2v) is 6.30. The van der Waals surface area contributed by atoms with E-state index in [9.17, 15) is 14.4 Å². The van der Waals surface area contributed by atoms with Crippen molar-refractivity contribution in [3.05, 3.63) is 25.3 Å². The highest BCUT2D eigenvalue weighted by atomic mass is 16.5. The fourth-order valence-corrected chi connectivity index (χ4v) is 2.19. The van der Waals surface area contributed by atoms with Gasteiger partial charge in [-0.05, 0) is 33.1 Å². The van der Waals surface area contributed by atoms with E-state index in [0.717, 1.165) is 6.42 Å². The molecule has 0 saturated heterocycles. The number of unbranched alkanes of at least 4 members (excludes halogenated alkanes) is 1. The highest BCUT2D eigenvalue weighted by Gasteiger charge is 2.22. The standard InChI is InChI=1S/C19H32N2O5/c1-5-7-8-10-18(24)26-15(4)12-20-19(25)16(9-6-2)11-17(23)21-14(3)13-22/h5-6,14-16,22H,1-2,7-13H2,3-4H3,(H,20,25)(H,21,23)/t14-,15-,16+/m0/s1. The van der Waals surface area contributed by atoms with E-state index in [2.05, 4.69) is 23.8 Å². The van der Waals surface area contributed by atoms with E-state index < -0.39 is 12.0 Å². The number of carbonyl (C=O) groups is 3. The summed E-state index contributed by atoms with van der Waals surface area (Å²) in [7, 11) is 0. The van der Waals surface area contributed by atoms with E-state index in [1.165, 1.54) is 0 Å². The molecule has 0 aliphatic carbocycles. The Morgan fingerprint density at radius 2 is 1.88 bits per heavy atom. The average molecular weight is 368 g/mol. The predicted octanol–water partition coefficient (Wildman–Crippen LogP) is 1.47. The molecule has 0 aliphatic rings. The number of hydrogen-bond acceptors (Lipinski definition) is 5. The number of carbonyl (C=O) groups excluding carboxylic acids is 3. The molecule has 2 amide bonds. The molecule has 26 heavy (non-hydrogen) atoms. The Kier molecular flexibility index (Phi) is 12.9. The van der Waals surface area contributed by atoms with Crippen molar-refractivity contribution in [2.24, 2.45) is 5.92 Å². The van der Waals surface area contributed by atoms with Crippen molar-refractivity contribution in [3.8, 4) is 0 Å². The first kappa shape index (κ1) is 23.9. The summed E-state index contributed by atoms with van der Waals surface area (Å²) in [5.74, 6) is -1.48. The number of amides is 2. The first-order chi connectivity index (χ1) is 12.3. The third-order valence-electron chi connectivity index (χ3n) is 3.62. The van der Waals surface area contributed by atoms with Gasteiger partial charge in [0.25, 0.3) is 0 Å². The monoisotopic (exact) mass is 368 g/mol. The maximum absolute atomic E-state index is 12.3. The van der Waals surface area contributed by atoms with Crippen molar-refractivity contribution < 1.29 is 24.2 Å². The molecule has 7 nitrogen and oxygen atoms in total. The van der Waals surface area contributed by atoms with Crippen molar-refractivity contribution in [3.63, 3.8) is 0 Å². The zero-order chi connectivity index (χ0) is 19.9. The molecular formula is C19H32N2O5. The summed E-state index contributed by atoms with van der Waals surface area (Å²) in [6.07, 6.45) is 4.96. The maximum Gasteiger partial charge on any atom is 0.306 e. The number of ether oxygens (including phenoxy) is 1. The second-order valence-electron chi connectivity index (χ2n) is 6.30. The summed E-state index contributed by atoms with van der Waals surface area (Å²) in [4.78, 5) is 35.8. The third kappa shape index (κ3) is 11.4. The van der Waals surface area contributed by atoms with E-state index in [1.807, 2.05) is 0 Å². The van der Waals surface area contributed by atoms with Gasteiger partial charge in [0.1, 0.15) is 6.10 Å². The van der Waals surface area contributed by atoms with Crippen LogP contribution in [0.4, 0.5) is 0 Å². The zero-order valence-corrected chi connectivity index (χ0v) is 15.8. The zero-order valence-electron chi connectivity index (χ0n) is 15.8. The van der Waals surface area contributed by atoms with Gasteiger partial charge in [-0.25, -0.2) is 0 Å². The van der Waals surface area contributed by atoms with Crippen LogP contribution in [0.15, 0.2) is 25.3 Å². The lowest BCUT2D eigenvalue weighted by Gasteiger charge is -2.19. The van der Waals surface area contributed by atoms with Gasteiger partial charge in [0.05, 0.1) is 19.1 Å². The second kappa shape index (κ2) is 14.1. The Hall–Kier alpha value is -2.15. The molecule has 148 valence electrons. The van der Waals surface area contributed by atoms with Crippen LogP contribution in [0.2, 0.25) is 0 Å². The lowest BCUT2D eigenvalue weighted by atomic mass is 9.99. The third-order valence-corrected chi connectivity index (χ3v) is 3.62. The van der Waals surface area contributed by atoms with E-state index >= 15 is 0 Å². The molecule has 0 aromatic heterocycles. The van der Waals surface area contributed by atoms with Crippen LogP contribution in [0.25, 0.3) is 0 Å². The van der Waals surface area contributed by atoms with Crippen molar-refractivity contribution in [1.29, 1.82) is 0 Å². The summed E-state index contributed by atoms with van der Waals surface area (Å²) in [6, 6.07) is -0.365. The van der Waals surface area contributed by atoms with Crippen molar-refractivity contribution >= 4 is 17.8 Å². The smallest absolute Gasteiger partial charge is 0.306 e. The quantitative estimate of drug-likeness (QED) is 0.245. The van der Waals surface area contributed by atoms with E-state index in [0.29, 0.717) is 19.3 Å². The van der Waals surface area contributed by atoms with Crippen LogP contribution < -0.4 is 10.6 Å². The van der Waals surface area contributed by atoms with Gasteiger partial charge in [0.15, 0.2) is 0 Å². The van der Waals surface area contributed by atoms with E-state index in [4.69, 9.17) is 9.84 Å². The Morgan fingerprint density at radius 3 is 2.46 bits per heavy atom. The van der Waals surface area contributed by atoms with Gasteiger partial charge in [-0.15, -0.1) is 13.2 Å². The fourth-order valence-electron chi connectivity index (χ4n) is 2.19. The SMILES string of the molecule is C=CCCCC(=O)O[C@@H](C)CNC(=O)[C@H](CC=C)CC(=O)N[C@@H](C)CO. The summed E-state index contributed by atoms with van der Waals surface area (Å²) in [6.45, 7) is 10.6. The maximum atomic E-state index is 12.3. The molecule has 0 aromatic rings. The van der Waals surface area contributed by atoms with Gasteiger partial charge in [-0.1, -0.05) is 12.2 Å². The molecule has 0 spiro atoms. The topological polar surface area (TPSA) is 105 Å². The highest BCUT2D eigenvalue weighted by molar-refractivity contribution is 5.86. The molecule has 0 radical (unpaired) electrons. The van der Waals surface area contributed by atoms with Crippen LogP contribution in [-0.2, 0) is 19.1 Å². The van der Waals surface area contributed by atoms with Crippen LogP contribution in [0.3, 0.4) is 0 Å². The number of allylic oxidation sites excluding steroid dienone is 2. The fraction of sp³-hybridized carbons (Fsp3) is 0.632. The molecule has 0 aromatic carbocycles. The largest absolute Gasteiger partial charge is 0.461 e. The molecular weight excluding hydrogens is 336 g/mol. The number of esters is 1. The average Bonchev–Trinajstić information content (AvgIpc) is 2.59. The molecule has 0 unspecified atom stereocenters. The van der Waals surface area contributed by atoms with Gasteiger partial charge in [-0.3, -0.25) is 14.4 Å². The van der Waals surface area contributed by atoms with Crippen LogP contribution in [0.5, 0.6) is 0 Å². The van der Waals surface area contributed by atoms with Gasteiger partial charge < -0.3 is 20.5 Å². The molecule has 0 aliphatic heterocycles. The van der Waals surface area contributed by atoms with Gasteiger partial charge in [0.2, 0.25) is 11.8 Å². The molecule has 3 N–H and O–H groups in total. The molecule has 0 fully saturated rings. The van der Waals surface area contributed by atoms with Gasteiger partial charge >= 0.3 is 5.97 Å². The predicted molar refractivity (Wildman–Crippen MR) is 100 cm³/mol. The Morgan fingerprint density at radius 1 is 1.19 bits per heavy atom. The number of hydrogen-bond donors (Lipinski definition) is 3. The van der Waals surface area contributed by atoms with Crippen LogP contribution >= 0.6 is 0 Å². The Balaban J connectivity index is 4.35. The van der Waals surface area contributed by atoms with E-state index in [-0.39, 0.29) is 43.4 Å². The minimum atomic E-state index is -0.561. The number of aliphatic hydroxyl groups is 1. The summed E-state index contributed by atoms with van der Waals surface area (Å²) >= 11 is 0. The number of aliphatic hydroxyl groups excluding tert-OH is 1. The molecule has 0 bridgehead atoms. The van der Waals surface area contributed by atoms with Crippen LogP contribution in [-0.4, -0.2) is 48.2 Å². The summed E-state index contributed by atoms with van der Waals surface area (Å²) < 4.78 is 5.22. The van der Waals surface area contributed by atoms with Crippen LogP contribution in [0, 0.1) is 5.92 Å². The first-order valence-electron chi connectivity index (χ1n) is 8.93. The Bertz CT molecular complexity index is 479. The van der Waals surface area contributed by atoms with Crippen molar-refractivity contribution in [2.75, 3.05) is 13.2 Å². The lowest BCUT2D eigenvalue weighted by Crippen LogP contribution is -2.41. The highest BCUT2D eigenvalue weighted by Crippen LogP contribution is 2.10. The summed E-state index contributed by atoms with van der Waals surface area (Å²) in [5.41, 5.74) is 0. The van der Waals surface area contributed by atoms with E-state index in [1.54, 1.807) is 26.0 Å². The lowest BCUT2D eigenvalue weighted by molar-refractivity contribution is -0.148. The van der Waals surface area contributed by atoms with Crippen LogP contribution in [0.1, 0.15) is 46.0 Å². The van der Waals surface area contributed by atoms with Gasteiger partial charge in [0, 0.05) is 18.9 Å². The van der Waals surface area contributed by atoms with Gasteiger partial charge in [-0.2, -0.15) is 0 Å². The van der Waals surface area contributed by atoms with Crippen molar-refractivity contribution in [1.82, 2.24) is 10.6 Å². The minimum absolute atomic E-state index is 0.00207. The normalized spacial score (nSPS) is 13.8. The molecule has 0 saturated carbocycles. The molecule has 0 heterocycles. The first-order valence-corrected chi connectivity index (χ1v) is 8.93. The summed E-state index contributed by atoms with van der Waals surface area (Å²) in [5, 5.41) is 14.3. The molecule has 3 atom stereocenters. The minimum Gasteiger partial charge on any atom is -0.461 e. The number of nitrogens with one attached hydrogen (secondary N) is 2. The molecule has 7 heteroatoms. The number of rotatable bonds is 14. The Labute approximate surface area is 155 Å². The molecule has 0 rings (SSSR count). The van der Waals surface area contributed by atoms with Crippen molar-refractivity contribution in [2.45, 2.75) is 58.1 Å².